The van der Waals surface area contributed by atoms with E-state index in [4.69, 9.17) is 5.73 Å². The summed E-state index contributed by atoms with van der Waals surface area (Å²) in [4.78, 5) is 2.11. The molecule has 1 aromatic carbocycles. The standard InChI is InChI=1S/C13H20FN3O2S/c1-16-7-3-4-11(16)9-17(2)20(18,19)13-6-5-10(14)8-12(13)15/h5-6,8,11H,3-4,7,9,15H2,1-2H3. The first-order valence-corrected chi connectivity index (χ1v) is 7.98. The first-order valence-electron chi connectivity index (χ1n) is 6.54. The van der Waals surface area contributed by atoms with Gasteiger partial charge in [0.2, 0.25) is 10.0 Å². The van der Waals surface area contributed by atoms with Gasteiger partial charge in [-0.3, -0.25) is 0 Å². The smallest absolute Gasteiger partial charge is 0.244 e. The minimum absolute atomic E-state index is 0.0398. The molecule has 0 saturated carbocycles. The number of likely N-dealkylation sites (tertiary alicyclic amines) is 1. The number of sulfonamides is 1. The Kier molecular flexibility index (Phi) is 4.31. The number of hydrogen-bond donors (Lipinski definition) is 1. The molecule has 1 saturated heterocycles. The maximum atomic E-state index is 13.0. The van der Waals surface area contributed by atoms with Gasteiger partial charge in [-0.25, -0.2) is 12.8 Å². The van der Waals surface area contributed by atoms with Gasteiger partial charge in [0, 0.05) is 19.6 Å². The normalized spacial score (nSPS) is 20.7. The van der Waals surface area contributed by atoms with Crippen LogP contribution in [-0.2, 0) is 10.0 Å². The van der Waals surface area contributed by atoms with Gasteiger partial charge in [0.1, 0.15) is 10.7 Å². The molecule has 1 fully saturated rings. The van der Waals surface area contributed by atoms with Gasteiger partial charge in [-0.1, -0.05) is 0 Å². The summed E-state index contributed by atoms with van der Waals surface area (Å²) in [6.07, 6.45) is 2.06. The molecular formula is C13H20FN3O2S. The Morgan fingerprint density at radius 2 is 2.20 bits per heavy atom. The highest BCUT2D eigenvalue weighted by Crippen LogP contribution is 2.24. The van der Waals surface area contributed by atoms with Crippen molar-refractivity contribution >= 4 is 15.7 Å². The number of nitrogens with zero attached hydrogens (tertiary/aromatic N) is 2. The van der Waals surface area contributed by atoms with E-state index in [0.29, 0.717) is 6.54 Å². The van der Waals surface area contributed by atoms with Crippen molar-refractivity contribution < 1.29 is 12.8 Å². The first kappa shape index (κ1) is 15.2. The summed E-state index contributed by atoms with van der Waals surface area (Å²) in [5, 5.41) is 0. The molecule has 0 spiro atoms. The quantitative estimate of drug-likeness (QED) is 0.846. The van der Waals surface area contributed by atoms with Gasteiger partial charge in [-0.15, -0.1) is 0 Å². The fourth-order valence-corrected chi connectivity index (χ4v) is 3.83. The monoisotopic (exact) mass is 301 g/mol. The summed E-state index contributed by atoms with van der Waals surface area (Å²) >= 11 is 0. The Labute approximate surface area is 119 Å². The lowest BCUT2D eigenvalue weighted by Crippen LogP contribution is -2.39. The van der Waals surface area contributed by atoms with Gasteiger partial charge in [-0.05, 0) is 44.6 Å². The molecule has 7 heteroatoms. The van der Waals surface area contributed by atoms with Gasteiger partial charge in [0.05, 0.1) is 5.69 Å². The van der Waals surface area contributed by atoms with Crippen molar-refractivity contribution in [1.29, 1.82) is 0 Å². The van der Waals surface area contributed by atoms with Crippen molar-refractivity contribution in [2.75, 3.05) is 32.9 Å². The predicted octanol–water partition coefficient (Wildman–Crippen LogP) is 1.12. The van der Waals surface area contributed by atoms with Crippen LogP contribution in [0.15, 0.2) is 23.1 Å². The molecule has 20 heavy (non-hydrogen) atoms. The molecule has 1 atom stereocenters. The van der Waals surface area contributed by atoms with Crippen LogP contribution in [0.4, 0.5) is 10.1 Å². The summed E-state index contributed by atoms with van der Waals surface area (Å²) in [7, 11) is -0.160. The summed E-state index contributed by atoms with van der Waals surface area (Å²) in [5.41, 5.74) is 5.57. The zero-order valence-corrected chi connectivity index (χ0v) is 12.5. The van der Waals surface area contributed by atoms with E-state index in [2.05, 4.69) is 4.90 Å². The summed E-state index contributed by atoms with van der Waals surface area (Å²) < 4.78 is 39.2. The number of anilines is 1. The minimum Gasteiger partial charge on any atom is -0.398 e. The Balaban J connectivity index is 2.20. The van der Waals surface area contributed by atoms with E-state index in [9.17, 15) is 12.8 Å². The van der Waals surface area contributed by atoms with Crippen molar-refractivity contribution in [3.63, 3.8) is 0 Å². The molecule has 112 valence electrons. The van der Waals surface area contributed by atoms with Gasteiger partial charge in [0.25, 0.3) is 0 Å². The number of nitrogen functional groups attached to an aromatic ring is 1. The number of nitrogens with two attached hydrogens (primary N) is 1. The second-order valence-corrected chi connectivity index (χ2v) is 7.26. The molecule has 1 heterocycles. The third-order valence-corrected chi connectivity index (χ3v) is 5.70. The van der Waals surface area contributed by atoms with Crippen LogP contribution in [0.2, 0.25) is 0 Å². The Hall–Kier alpha value is -1.18. The van der Waals surface area contributed by atoms with Crippen LogP contribution in [0.5, 0.6) is 0 Å². The molecule has 0 amide bonds. The SMILES string of the molecule is CN1CCCC1CN(C)S(=O)(=O)c1ccc(F)cc1N. The van der Waals surface area contributed by atoms with Crippen LogP contribution < -0.4 is 5.73 Å². The topological polar surface area (TPSA) is 66.6 Å². The van der Waals surface area contributed by atoms with E-state index in [0.717, 1.165) is 31.5 Å². The molecule has 0 bridgehead atoms. The second kappa shape index (κ2) is 5.67. The highest BCUT2D eigenvalue weighted by Gasteiger charge is 2.29. The first-order chi connectivity index (χ1) is 9.32. The molecule has 0 radical (unpaired) electrons. The number of benzene rings is 1. The maximum Gasteiger partial charge on any atom is 0.244 e. The lowest BCUT2D eigenvalue weighted by molar-refractivity contribution is 0.271. The van der Waals surface area contributed by atoms with E-state index >= 15 is 0 Å². The van der Waals surface area contributed by atoms with Crippen molar-refractivity contribution in [3.8, 4) is 0 Å². The van der Waals surface area contributed by atoms with Crippen molar-refractivity contribution in [2.24, 2.45) is 0 Å². The average molecular weight is 301 g/mol. The fourth-order valence-electron chi connectivity index (χ4n) is 2.53. The van der Waals surface area contributed by atoms with Gasteiger partial charge < -0.3 is 10.6 Å². The van der Waals surface area contributed by atoms with Crippen LogP contribution in [0.25, 0.3) is 0 Å². The molecule has 0 aliphatic carbocycles. The predicted molar refractivity (Wildman–Crippen MR) is 76.3 cm³/mol. The number of likely N-dealkylation sites (N-methyl/N-ethyl adjacent to an activating group) is 2. The lowest BCUT2D eigenvalue weighted by Gasteiger charge is -2.25. The molecule has 2 rings (SSSR count). The van der Waals surface area contributed by atoms with Gasteiger partial charge in [-0.2, -0.15) is 4.31 Å². The third kappa shape index (κ3) is 2.94. The van der Waals surface area contributed by atoms with Crippen LogP contribution in [0.3, 0.4) is 0 Å². The molecular weight excluding hydrogens is 281 g/mol. The lowest BCUT2D eigenvalue weighted by atomic mass is 10.2. The van der Waals surface area contributed by atoms with Crippen molar-refractivity contribution in [3.05, 3.63) is 24.0 Å². The van der Waals surface area contributed by atoms with E-state index in [1.807, 2.05) is 7.05 Å². The van der Waals surface area contributed by atoms with E-state index < -0.39 is 15.8 Å². The Morgan fingerprint density at radius 1 is 1.50 bits per heavy atom. The molecule has 1 aromatic rings. The maximum absolute atomic E-state index is 13.0. The van der Waals surface area contributed by atoms with Crippen LogP contribution >= 0.6 is 0 Å². The molecule has 1 aliphatic rings. The van der Waals surface area contributed by atoms with Crippen molar-refractivity contribution in [1.82, 2.24) is 9.21 Å². The van der Waals surface area contributed by atoms with Crippen LogP contribution in [-0.4, -0.2) is 50.8 Å². The minimum atomic E-state index is -3.68. The van der Waals surface area contributed by atoms with E-state index in [1.165, 1.54) is 17.4 Å². The molecule has 5 nitrogen and oxygen atoms in total. The Bertz CT molecular complexity index is 591. The van der Waals surface area contributed by atoms with E-state index in [1.54, 1.807) is 0 Å². The highest BCUT2D eigenvalue weighted by atomic mass is 32.2. The number of hydrogen-bond acceptors (Lipinski definition) is 4. The van der Waals surface area contributed by atoms with Crippen LogP contribution in [0, 0.1) is 5.82 Å². The van der Waals surface area contributed by atoms with Crippen LogP contribution in [0.1, 0.15) is 12.8 Å². The fraction of sp³-hybridized carbons (Fsp3) is 0.538. The summed E-state index contributed by atoms with van der Waals surface area (Å²) in [6.45, 7) is 1.40. The molecule has 1 unspecified atom stereocenters. The average Bonchev–Trinajstić information content (AvgIpc) is 2.74. The molecule has 1 aliphatic heterocycles. The summed E-state index contributed by atoms with van der Waals surface area (Å²) in [6, 6.07) is 3.58. The largest absolute Gasteiger partial charge is 0.398 e. The zero-order valence-electron chi connectivity index (χ0n) is 11.7. The number of halogens is 1. The molecule has 2 N–H and O–H groups in total. The van der Waals surface area contributed by atoms with E-state index in [-0.39, 0.29) is 16.6 Å². The zero-order chi connectivity index (χ0) is 14.9. The third-order valence-electron chi connectivity index (χ3n) is 3.80. The Morgan fingerprint density at radius 3 is 2.75 bits per heavy atom. The number of rotatable bonds is 4. The summed E-state index contributed by atoms with van der Waals surface area (Å²) in [5.74, 6) is -0.542. The molecule has 0 aromatic heterocycles. The second-order valence-electron chi connectivity index (χ2n) is 5.24. The van der Waals surface area contributed by atoms with Crippen molar-refractivity contribution in [2.45, 2.75) is 23.8 Å². The van der Waals surface area contributed by atoms with Gasteiger partial charge >= 0.3 is 0 Å². The highest BCUT2D eigenvalue weighted by molar-refractivity contribution is 7.89. The van der Waals surface area contributed by atoms with Gasteiger partial charge in [0.15, 0.2) is 0 Å².